The summed E-state index contributed by atoms with van der Waals surface area (Å²) in [6.07, 6.45) is 3.46. The topological polar surface area (TPSA) is 45.0 Å². The van der Waals surface area contributed by atoms with Gasteiger partial charge in [0.25, 0.3) is 0 Å². The SMILES string of the molecule is CC(C)CC(CC(C)C)N=NC(O)(CC(C)C)CC(C)C. The molecular weight excluding hydrogens is 260 g/mol. The van der Waals surface area contributed by atoms with Crippen LogP contribution in [0.5, 0.6) is 0 Å². The second kappa shape index (κ2) is 9.55. The molecule has 3 heteroatoms. The summed E-state index contributed by atoms with van der Waals surface area (Å²) < 4.78 is 0. The molecule has 0 fully saturated rings. The van der Waals surface area contributed by atoms with E-state index in [-0.39, 0.29) is 6.04 Å². The Labute approximate surface area is 132 Å². The minimum absolute atomic E-state index is 0.232. The normalized spacial score (nSPS) is 13.8. The summed E-state index contributed by atoms with van der Waals surface area (Å²) in [6, 6.07) is 0.232. The van der Waals surface area contributed by atoms with Crippen LogP contribution >= 0.6 is 0 Å². The molecule has 0 aliphatic heterocycles. The van der Waals surface area contributed by atoms with Gasteiger partial charge in [-0.3, -0.25) is 0 Å². The lowest BCUT2D eigenvalue weighted by atomic mass is 9.92. The van der Waals surface area contributed by atoms with Crippen molar-refractivity contribution >= 4 is 0 Å². The Balaban J connectivity index is 4.96. The molecule has 0 aromatic rings. The summed E-state index contributed by atoms with van der Waals surface area (Å²) >= 11 is 0. The summed E-state index contributed by atoms with van der Waals surface area (Å²) in [5.41, 5.74) is -0.992. The molecule has 0 aromatic heterocycles. The maximum absolute atomic E-state index is 10.8. The van der Waals surface area contributed by atoms with E-state index in [0.717, 1.165) is 12.8 Å². The van der Waals surface area contributed by atoms with E-state index in [0.29, 0.717) is 36.5 Å². The summed E-state index contributed by atoms with van der Waals surface area (Å²) in [5, 5.41) is 19.8. The summed E-state index contributed by atoms with van der Waals surface area (Å²) in [5.74, 6) is 2.05. The van der Waals surface area contributed by atoms with E-state index in [1.165, 1.54) is 0 Å². The summed E-state index contributed by atoms with van der Waals surface area (Å²) in [7, 11) is 0. The molecule has 0 radical (unpaired) electrons. The minimum atomic E-state index is -0.992. The highest BCUT2D eigenvalue weighted by Gasteiger charge is 2.29. The van der Waals surface area contributed by atoms with Gasteiger partial charge in [0, 0.05) is 12.8 Å². The van der Waals surface area contributed by atoms with Crippen molar-refractivity contribution in [2.75, 3.05) is 0 Å². The van der Waals surface area contributed by atoms with Gasteiger partial charge in [-0.25, -0.2) is 0 Å². The van der Waals surface area contributed by atoms with Crippen LogP contribution < -0.4 is 0 Å². The fraction of sp³-hybridized carbons (Fsp3) is 1.00. The Hall–Kier alpha value is -0.440. The molecule has 1 N–H and O–H groups in total. The van der Waals surface area contributed by atoms with E-state index in [4.69, 9.17) is 0 Å². The molecule has 3 nitrogen and oxygen atoms in total. The zero-order chi connectivity index (χ0) is 16.6. The number of azo groups is 1. The van der Waals surface area contributed by atoms with Crippen molar-refractivity contribution in [1.29, 1.82) is 0 Å². The first-order valence-corrected chi connectivity index (χ1v) is 8.68. The highest BCUT2D eigenvalue weighted by atomic mass is 16.3. The average molecular weight is 299 g/mol. The van der Waals surface area contributed by atoms with Gasteiger partial charge in [0.05, 0.1) is 6.04 Å². The number of nitrogens with zero attached hydrogens (tertiary/aromatic N) is 2. The fourth-order valence-electron chi connectivity index (χ4n) is 2.94. The highest BCUT2D eigenvalue weighted by molar-refractivity contribution is 4.79. The van der Waals surface area contributed by atoms with Crippen molar-refractivity contribution in [3.8, 4) is 0 Å². The number of rotatable bonds is 10. The lowest BCUT2D eigenvalue weighted by Crippen LogP contribution is -2.30. The fourth-order valence-corrected chi connectivity index (χ4v) is 2.94. The van der Waals surface area contributed by atoms with Crippen molar-refractivity contribution in [3.63, 3.8) is 0 Å². The lowest BCUT2D eigenvalue weighted by Gasteiger charge is -2.27. The molecule has 0 heterocycles. The van der Waals surface area contributed by atoms with Crippen molar-refractivity contribution in [2.45, 2.75) is 92.8 Å². The molecule has 0 saturated carbocycles. The van der Waals surface area contributed by atoms with Gasteiger partial charge < -0.3 is 5.11 Å². The van der Waals surface area contributed by atoms with Crippen LogP contribution in [-0.4, -0.2) is 16.9 Å². The van der Waals surface area contributed by atoms with Gasteiger partial charge in [-0.15, -0.1) is 0 Å². The second-order valence-corrected chi connectivity index (χ2v) is 8.31. The molecule has 0 aliphatic carbocycles. The monoisotopic (exact) mass is 298 g/mol. The molecule has 0 atom stereocenters. The molecule has 21 heavy (non-hydrogen) atoms. The third-order valence-electron chi connectivity index (χ3n) is 3.36. The summed E-state index contributed by atoms with van der Waals surface area (Å²) in [4.78, 5) is 0. The Bertz CT molecular complexity index is 276. The Morgan fingerprint density at radius 2 is 1.10 bits per heavy atom. The summed E-state index contributed by atoms with van der Waals surface area (Å²) in [6.45, 7) is 17.4. The molecule has 0 aliphatic rings. The van der Waals surface area contributed by atoms with Crippen LogP contribution in [0.2, 0.25) is 0 Å². The molecule has 0 unspecified atom stereocenters. The standard InChI is InChI=1S/C18H38N2O/c1-13(2)9-17(10-14(3)4)19-20-18(21,11-15(5)6)12-16(7)8/h13-17,21H,9-12H2,1-8H3. The van der Waals surface area contributed by atoms with Crippen LogP contribution in [0.15, 0.2) is 10.2 Å². The van der Waals surface area contributed by atoms with Crippen LogP contribution in [0.3, 0.4) is 0 Å². The third kappa shape index (κ3) is 10.9. The Morgan fingerprint density at radius 3 is 1.38 bits per heavy atom. The van der Waals surface area contributed by atoms with E-state index < -0.39 is 5.72 Å². The van der Waals surface area contributed by atoms with Gasteiger partial charge in [-0.2, -0.15) is 10.2 Å². The first kappa shape index (κ1) is 20.6. The van der Waals surface area contributed by atoms with Crippen LogP contribution in [0.1, 0.15) is 81.1 Å². The van der Waals surface area contributed by atoms with Crippen LogP contribution in [0.4, 0.5) is 0 Å². The minimum Gasteiger partial charge on any atom is -0.368 e. The van der Waals surface area contributed by atoms with Crippen LogP contribution in [-0.2, 0) is 0 Å². The quantitative estimate of drug-likeness (QED) is 0.518. The number of aliphatic hydroxyl groups is 1. The van der Waals surface area contributed by atoms with E-state index in [1.54, 1.807) is 0 Å². The maximum atomic E-state index is 10.8. The van der Waals surface area contributed by atoms with Crippen LogP contribution in [0.25, 0.3) is 0 Å². The molecule has 0 bridgehead atoms. The first-order valence-electron chi connectivity index (χ1n) is 8.68. The zero-order valence-electron chi connectivity index (χ0n) is 15.6. The third-order valence-corrected chi connectivity index (χ3v) is 3.36. The molecule has 0 rings (SSSR count). The smallest absolute Gasteiger partial charge is 0.176 e. The van der Waals surface area contributed by atoms with Gasteiger partial charge in [-0.05, 0) is 36.5 Å². The second-order valence-electron chi connectivity index (χ2n) is 8.31. The Kier molecular flexibility index (Phi) is 9.35. The van der Waals surface area contributed by atoms with Crippen molar-refractivity contribution in [1.82, 2.24) is 0 Å². The first-order chi connectivity index (χ1) is 9.54. The Morgan fingerprint density at radius 1 is 0.714 bits per heavy atom. The molecule has 0 amide bonds. The van der Waals surface area contributed by atoms with Crippen molar-refractivity contribution in [2.24, 2.45) is 33.9 Å². The van der Waals surface area contributed by atoms with E-state index in [9.17, 15) is 5.11 Å². The largest absolute Gasteiger partial charge is 0.368 e. The number of hydrogen-bond acceptors (Lipinski definition) is 3. The predicted molar refractivity (Wildman–Crippen MR) is 91.4 cm³/mol. The molecular formula is C18H38N2O. The molecule has 0 aromatic carbocycles. The number of hydrogen-bond donors (Lipinski definition) is 1. The molecule has 126 valence electrons. The van der Waals surface area contributed by atoms with Crippen molar-refractivity contribution < 1.29 is 5.11 Å². The average Bonchev–Trinajstić information content (AvgIpc) is 2.21. The lowest BCUT2D eigenvalue weighted by molar-refractivity contribution is 0.000164. The van der Waals surface area contributed by atoms with Crippen molar-refractivity contribution in [3.05, 3.63) is 0 Å². The van der Waals surface area contributed by atoms with Gasteiger partial charge in [0.2, 0.25) is 0 Å². The zero-order valence-corrected chi connectivity index (χ0v) is 15.6. The maximum Gasteiger partial charge on any atom is 0.176 e. The predicted octanol–water partition coefficient (Wildman–Crippen LogP) is 5.68. The van der Waals surface area contributed by atoms with E-state index >= 15 is 0 Å². The van der Waals surface area contributed by atoms with E-state index in [2.05, 4.69) is 65.6 Å². The van der Waals surface area contributed by atoms with E-state index in [1.807, 2.05) is 0 Å². The van der Waals surface area contributed by atoms with Crippen LogP contribution in [0, 0.1) is 23.7 Å². The van der Waals surface area contributed by atoms with Gasteiger partial charge in [-0.1, -0.05) is 55.4 Å². The highest BCUT2D eigenvalue weighted by Crippen LogP contribution is 2.28. The molecule has 0 spiro atoms. The van der Waals surface area contributed by atoms with Gasteiger partial charge in [0.1, 0.15) is 0 Å². The van der Waals surface area contributed by atoms with Gasteiger partial charge in [0.15, 0.2) is 5.72 Å². The molecule has 0 saturated heterocycles. The van der Waals surface area contributed by atoms with Gasteiger partial charge >= 0.3 is 0 Å².